The molecule has 1 fully saturated rings. The van der Waals surface area contributed by atoms with Crippen LogP contribution in [0.3, 0.4) is 0 Å². The SMILES string of the molecule is O=C(NCc1cccnc1)c1cccnc1N1CCCC1. The number of nitrogens with one attached hydrogen (secondary N) is 1. The fourth-order valence-corrected chi connectivity index (χ4v) is 2.54. The molecule has 5 nitrogen and oxygen atoms in total. The van der Waals surface area contributed by atoms with Gasteiger partial charge in [-0.2, -0.15) is 0 Å². The predicted molar refractivity (Wildman–Crippen MR) is 81.1 cm³/mol. The number of pyridine rings is 2. The van der Waals surface area contributed by atoms with E-state index < -0.39 is 0 Å². The molecule has 1 aliphatic rings. The fourth-order valence-electron chi connectivity index (χ4n) is 2.54. The summed E-state index contributed by atoms with van der Waals surface area (Å²) >= 11 is 0. The quantitative estimate of drug-likeness (QED) is 0.932. The molecule has 2 aromatic heterocycles. The largest absolute Gasteiger partial charge is 0.356 e. The highest BCUT2D eigenvalue weighted by Crippen LogP contribution is 2.21. The number of carbonyl (C=O) groups excluding carboxylic acids is 1. The Morgan fingerprint density at radius 3 is 2.76 bits per heavy atom. The Morgan fingerprint density at radius 2 is 2.00 bits per heavy atom. The van der Waals surface area contributed by atoms with Gasteiger partial charge in [0.2, 0.25) is 0 Å². The van der Waals surface area contributed by atoms with Crippen molar-refractivity contribution in [1.29, 1.82) is 0 Å². The van der Waals surface area contributed by atoms with Gasteiger partial charge in [-0.1, -0.05) is 6.07 Å². The first-order valence-corrected chi connectivity index (χ1v) is 7.21. The standard InChI is InChI=1S/C16H18N4O/c21-16(19-12-13-5-3-7-17-11-13)14-6-4-8-18-15(14)20-9-1-2-10-20/h3-8,11H,1-2,9-10,12H2,(H,19,21). The molecule has 0 spiro atoms. The van der Waals surface area contributed by atoms with Gasteiger partial charge in [0.1, 0.15) is 5.82 Å². The molecule has 0 aliphatic carbocycles. The molecule has 3 heterocycles. The fraction of sp³-hybridized carbons (Fsp3) is 0.312. The van der Waals surface area contributed by atoms with Crippen LogP contribution in [-0.2, 0) is 6.54 Å². The van der Waals surface area contributed by atoms with Crippen LogP contribution < -0.4 is 10.2 Å². The minimum absolute atomic E-state index is 0.0890. The van der Waals surface area contributed by atoms with Crippen molar-refractivity contribution in [3.8, 4) is 0 Å². The summed E-state index contributed by atoms with van der Waals surface area (Å²) in [6.07, 6.45) is 7.54. The molecule has 0 unspecified atom stereocenters. The highest BCUT2D eigenvalue weighted by Gasteiger charge is 2.20. The number of hydrogen-bond acceptors (Lipinski definition) is 4. The van der Waals surface area contributed by atoms with Gasteiger partial charge in [-0.3, -0.25) is 9.78 Å². The first-order valence-electron chi connectivity index (χ1n) is 7.21. The van der Waals surface area contributed by atoms with Crippen molar-refractivity contribution in [1.82, 2.24) is 15.3 Å². The summed E-state index contributed by atoms with van der Waals surface area (Å²) in [6, 6.07) is 7.44. The Morgan fingerprint density at radius 1 is 1.19 bits per heavy atom. The molecule has 2 aromatic rings. The number of rotatable bonds is 4. The lowest BCUT2D eigenvalue weighted by molar-refractivity contribution is 0.0951. The van der Waals surface area contributed by atoms with E-state index in [9.17, 15) is 4.79 Å². The molecule has 1 saturated heterocycles. The maximum atomic E-state index is 12.4. The van der Waals surface area contributed by atoms with Gasteiger partial charge in [-0.05, 0) is 36.6 Å². The smallest absolute Gasteiger partial charge is 0.255 e. The number of amides is 1. The van der Waals surface area contributed by atoms with E-state index in [1.165, 1.54) is 0 Å². The summed E-state index contributed by atoms with van der Waals surface area (Å²) in [7, 11) is 0. The summed E-state index contributed by atoms with van der Waals surface area (Å²) < 4.78 is 0. The number of anilines is 1. The summed E-state index contributed by atoms with van der Waals surface area (Å²) in [6.45, 7) is 2.42. The molecule has 5 heteroatoms. The second kappa shape index (κ2) is 6.35. The molecule has 3 rings (SSSR count). The summed E-state index contributed by atoms with van der Waals surface area (Å²) in [5.74, 6) is 0.701. The van der Waals surface area contributed by atoms with Crippen molar-refractivity contribution in [2.24, 2.45) is 0 Å². The number of nitrogens with zero attached hydrogens (tertiary/aromatic N) is 3. The second-order valence-corrected chi connectivity index (χ2v) is 5.11. The predicted octanol–water partition coefficient (Wildman–Crippen LogP) is 2.01. The minimum Gasteiger partial charge on any atom is -0.356 e. The highest BCUT2D eigenvalue weighted by molar-refractivity contribution is 5.98. The van der Waals surface area contributed by atoms with Gasteiger partial charge < -0.3 is 10.2 Å². The van der Waals surface area contributed by atoms with Crippen molar-refractivity contribution < 1.29 is 4.79 Å². The average Bonchev–Trinajstić information content (AvgIpc) is 3.08. The molecule has 0 saturated carbocycles. The molecule has 0 radical (unpaired) electrons. The van der Waals surface area contributed by atoms with Crippen LogP contribution in [-0.4, -0.2) is 29.0 Å². The van der Waals surface area contributed by atoms with Crippen molar-refractivity contribution in [3.63, 3.8) is 0 Å². The third-order valence-electron chi connectivity index (χ3n) is 3.61. The molecule has 0 bridgehead atoms. The van der Waals surface area contributed by atoms with Crippen LogP contribution in [0.5, 0.6) is 0 Å². The van der Waals surface area contributed by atoms with Crippen molar-refractivity contribution in [3.05, 3.63) is 54.0 Å². The molecule has 1 N–H and O–H groups in total. The lowest BCUT2D eigenvalue weighted by Crippen LogP contribution is -2.28. The van der Waals surface area contributed by atoms with Gasteiger partial charge in [-0.25, -0.2) is 4.98 Å². The normalized spacial score (nSPS) is 14.2. The van der Waals surface area contributed by atoms with E-state index in [2.05, 4.69) is 20.2 Å². The maximum Gasteiger partial charge on any atom is 0.255 e. The van der Waals surface area contributed by atoms with Gasteiger partial charge in [0.15, 0.2) is 0 Å². The van der Waals surface area contributed by atoms with E-state index in [4.69, 9.17) is 0 Å². The zero-order valence-corrected chi connectivity index (χ0v) is 11.8. The second-order valence-electron chi connectivity index (χ2n) is 5.11. The highest BCUT2D eigenvalue weighted by atomic mass is 16.1. The van der Waals surface area contributed by atoms with Crippen molar-refractivity contribution in [2.45, 2.75) is 19.4 Å². The minimum atomic E-state index is -0.0890. The van der Waals surface area contributed by atoms with Gasteiger partial charge in [0, 0.05) is 38.2 Å². The summed E-state index contributed by atoms with van der Waals surface area (Å²) in [5, 5.41) is 2.93. The van der Waals surface area contributed by atoms with Crippen molar-refractivity contribution >= 4 is 11.7 Å². The zero-order chi connectivity index (χ0) is 14.5. The molecular weight excluding hydrogens is 264 g/mol. The van der Waals surface area contributed by atoms with Crippen LogP contribution in [0.1, 0.15) is 28.8 Å². The number of carbonyl (C=O) groups is 1. The Balaban J connectivity index is 1.72. The molecular formula is C16H18N4O. The van der Waals surface area contributed by atoms with Crippen LogP contribution in [0.4, 0.5) is 5.82 Å². The van der Waals surface area contributed by atoms with E-state index in [0.717, 1.165) is 37.3 Å². The molecule has 108 valence electrons. The van der Waals surface area contributed by atoms with Crippen LogP contribution in [0, 0.1) is 0 Å². The van der Waals surface area contributed by atoms with E-state index in [-0.39, 0.29) is 5.91 Å². The molecule has 0 aromatic carbocycles. The third-order valence-corrected chi connectivity index (χ3v) is 3.61. The molecule has 0 atom stereocenters. The number of aromatic nitrogens is 2. The van der Waals surface area contributed by atoms with Gasteiger partial charge >= 0.3 is 0 Å². The summed E-state index contributed by atoms with van der Waals surface area (Å²) in [5.41, 5.74) is 1.63. The Kier molecular flexibility index (Phi) is 4.09. The maximum absolute atomic E-state index is 12.4. The monoisotopic (exact) mass is 282 g/mol. The van der Waals surface area contributed by atoms with Crippen molar-refractivity contribution in [2.75, 3.05) is 18.0 Å². The number of hydrogen-bond donors (Lipinski definition) is 1. The van der Waals surface area contributed by atoms with Gasteiger partial charge in [0.05, 0.1) is 5.56 Å². The average molecular weight is 282 g/mol. The lowest BCUT2D eigenvalue weighted by atomic mass is 10.2. The summed E-state index contributed by atoms with van der Waals surface area (Å²) in [4.78, 5) is 23.0. The van der Waals surface area contributed by atoms with E-state index in [0.29, 0.717) is 12.1 Å². The van der Waals surface area contributed by atoms with E-state index >= 15 is 0 Å². The van der Waals surface area contributed by atoms with E-state index in [1.54, 1.807) is 24.7 Å². The van der Waals surface area contributed by atoms with E-state index in [1.807, 2.05) is 18.2 Å². The van der Waals surface area contributed by atoms with Crippen LogP contribution in [0.2, 0.25) is 0 Å². The Hall–Kier alpha value is -2.43. The third kappa shape index (κ3) is 3.18. The molecule has 1 amide bonds. The van der Waals surface area contributed by atoms with Crippen LogP contribution >= 0.6 is 0 Å². The Labute approximate surface area is 124 Å². The topological polar surface area (TPSA) is 58.1 Å². The first-order chi connectivity index (χ1) is 10.3. The lowest BCUT2D eigenvalue weighted by Gasteiger charge is -2.19. The van der Waals surface area contributed by atoms with Gasteiger partial charge in [-0.15, -0.1) is 0 Å². The molecule has 1 aliphatic heterocycles. The first kappa shape index (κ1) is 13.5. The Bertz CT molecular complexity index is 609. The van der Waals surface area contributed by atoms with Gasteiger partial charge in [0.25, 0.3) is 5.91 Å². The van der Waals surface area contributed by atoms with Crippen LogP contribution in [0.15, 0.2) is 42.9 Å². The molecule has 21 heavy (non-hydrogen) atoms. The zero-order valence-electron chi connectivity index (χ0n) is 11.8. The van der Waals surface area contributed by atoms with Crippen LogP contribution in [0.25, 0.3) is 0 Å².